The fourth-order valence-corrected chi connectivity index (χ4v) is 2.05. The van der Waals surface area contributed by atoms with Gasteiger partial charge in [-0.05, 0) is 19.4 Å². The average Bonchev–Trinajstić information content (AvgIpc) is 2.98. The maximum atomic E-state index is 12.4. The first-order valence-electron chi connectivity index (χ1n) is 7.15. The van der Waals surface area contributed by atoms with Crippen molar-refractivity contribution in [3.05, 3.63) is 42.7 Å². The Hall–Kier alpha value is -2.37. The van der Waals surface area contributed by atoms with Gasteiger partial charge in [0.05, 0.1) is 17.6 Å². The van der Waals surface area contributed by atoms with Crippen molar-refractivity contribution in [3.8, 4) is 0 Å². The molecule has 0 radical (unpaired) electrons. The van der Waals surface area contributed by atoms with Crippen molar-refractivity contribution in [1.29, 1.82) is 0 Å². The van der Waals surface area contributed by atoms with Crippen molar-refractivity contribution in [2.75, 3.05) is 11.9 Å². The molecule has 1 unspecified atom stereocenters. The first-order chi connectivity index (χ1) is 10.2. The van der Waals surface area contributed by atoms with Gasteiger partial charge in [-0.25, -0.2) is 4.98 Å². The molecule has 1 amide bonds. The van der Waals surface area contributed by atoms with Gasteiger partial charge in [-0.1, -0.05) is 6.92 Å². The summed E-state index contributed by atoms with van der Waals surface area (Å²) >= 11 is 0. The third kappa shape index (κ3) is 4.30. The quantitative estimate of drug-likeness (QED) is 0.816. The first-order valence-corrected chi connectivity index (χ1v) is 7.15. The van der Waals surface area contributed by atoms with Crippen molar-refractivity contribution in [3.63, 3.8) is 0 Å². The van der Waals surface area contributed by atoms with E-state index in [0.29, 0.717) is 12.1 Å². The molecular weight excluding hydrogens is 266 g/mol. The van der Waals surface area contributed by atoms with Crippen LogP contribution in [0.3, 0.4) is 0 Å². The zero-order valence-electron chi connectivity index (χ0n) is 12.4. The summed E-state index contributed by atoms with van der Waals surface area (Å²) in [5.41, 5.74) is 1.39. The summed E-state index contributed by atoms with van der Waals surface area (Å²) < 4.78 is 1.93. The minimum atomic E-state index is -0.116. The number of imidazole rings is 1. The molecule has 6 nitrogen and oxygen atoms in total. The van der Waals surface area contributed by atoms with Crippen LogP contribution in [0.5, 0.6) is 0 Å². The summed E-state index contributed by atoms with van der Waals surface area (Å²) in [6.07, 6.45) is 9.62. The lowest BCUT2D eigenvalue weighted by atomic mass is 10.2. The van der Waals surface area contributed by atoms with Crippen LogP contribution < -0.4 is 10.6 Å². The molecule has 2 N–H and O–H groups in total. The molecule has 0 aliphatic heterocycles. The lowest BCUT2D eigenvalue weighted by Gasteiger charge is -2.16. The minimum Gasteiger partial charge on any atom is -0.384 e. The van der Waals surface area contributed by atoms with Gasteiger partial charge in [-0.2, -0.15) is 0 Å². The number of hydrogen-bond donors (Lipinski definition) is 2. The highest BCUT2D eigenvalue weighted by atomic mass is 16.1. The summed E-state index contributed by atoms with van der Waals surface area (Å²) in [5, 5.41) is 6.23. The van der Waals surface area contributed by atoms with Crippen molar-refractivity contribution >= 4 is 11.6 Å². The normalized spacial score (nSPS) is 11.9. The molecule has 0 spiro atoms. The third-order valence-corrected chi connectivity index (χ3v) is 3.05. The van der Waals surface area contributed by atoms with E-state index in [2.05, 4.69) is 27.5 Å². The standard InChI is InChI=1S/C15H21N5O/c1-3-5-18-14-4-6-16-9-13(14)15(21)19-12(2)10-20-8-7-17-11-20/h4,6-9,11-12H,3,5,10H2,1-2H3,(H,16,18)(H,19,21). The average molecular weight is 287 g/mol. The van der Waals surface area contributed by atoms with Gasteiger partial charge < -0.3 is 15.2 Å². The van der Waals surface area contributed by atoms with E-state index in [1.807, 2.05) is 23.8 Å². The number of hydrogen-bond acceptors (Lipinski definition) is 4. The Labute approximate surface area is 124 Å². The highest BCUT2D eigenvalue weighted by Crippen LogP contribution is 2.13. The van der Waals surface area contributed by atoms with Gasteiger partial charge in [0.15, 0.2) is 0 Å². The molecule has 0 bridgehead atoms. The molecule has 0 aliphatic rings. The van der Waals surface area contributed by atoms with Gasteiger partial charge in [-0.3, -0.25) is 9.78 Å². The largest absolute Gasteiger partial charge is 0.384 e. The summed E-state index contributed by atoms with van der Waals surface area (Å²) in [5.74, 6) is -0.116. The molecule has 0 fully saturated rings. The summed E-state index contributed by atoms with van der Waals surface area (Å²) in [7, 11) is 0. The predicted octanol–water partition coefficient (Wildman–Crippen LogP) is 1.92. The molecular formula is C15H21N5O. The molecule has 2 heterocycles. The smallest absolute Gasteiger partial charge is 0.255 e. The number of nitrogens with one attached hydrogen (secondary N) is 2. The summed E-state index contributed by atoms with van der Waals surface area (Å²) in [4.78, 5) is 20.4. The van der Waals surface area contributed by atoms with Crippen LogP contribution in [0, 0.1) is 0 Å². The van der Waals surface area contributed by atoms with E-state index in [1.165, 1.54) is 0 Å². The highest BCUT2D eigenvalue weighted by Gasteiger charge is 2.14. The van der Waals surface area contributed by atoms with E-state index >= 15 is 0 Å². The van der Waals surface area contributed by atoms with E-state index in [-0.39, 0.29) is 11.9 Å². The van der Waals surface area contributed by atoms with E-state index < -0.39 is 0 Å². The molecule has 0 aromatic carbocycles. The van der Waals surface area contributed by atoms with Gasteiger partial charge in [0.25, 0.3) is 5.91 Å². The fourth-order valence-electron chi connectivity index (χ4n) is 2.05. The van der Waals surface area contributed by atoms with Crippen molar-refractivity contribution in [2.45, 2.75) is 32.9 Å². The Balaban J connectivity index is 1.99. The molecule has 0 aliphatic carbocycles. The van der Waals surface area contributed by atoms with Gasteiger partial charge in [-0.15, -0.1) is 0 Å². The monoisotopic (exact) mass is 287 g/mol. The number of anilines is 1. The molecule has 6 heteroatoms. The minimum absolute atomic E-state index is 0.00549. The second-order valence-corrected chi connectivity index (χ2v) is 4.98. The van der Waals surface area contributed by atoms with Crippen LogP contribution >= 0.6 is 0 Å². The Kier molecular flexibility index (Phi) is 5.31. The van der Waals surface area contributed by atoms with Crippen molar-refractivity contribution < 1.29 is 4.79 Å². The van der Waals surface area contributed by atoms with E-state index in [4.69, 9.17) is 0 Å². The Bertz CT molecular complexity index is 567. The molecule has 2 aromatic rings. The third-order valence-electron chi connectivity index (χ3n) is 3.05. The maximum absolute atomic E-state index is 12.4. The molecule has 2 aromatic heterocycles. The van der Waals surface area contributed by atoms with Gasteiger partial charge in [0.1, 0.15) is 0 Å². The summed E-state index contributed by atoms with van der Waals surface area (Å²) in [6, 6.07) is 1.83. The number of aromatic nitrogens is 3. The Morgan fingerprint density at radius 1 is 1.38 bits per heavy atom. The van der Waals surface area contributed by atoms with E-state index in [1.54, 1.807) is 24.9 Å². The molecule has 112 valence electrons. The Morgan fingerprint density at radius 3 is 2.95 bits per heavy atom. The fraction of sp³-hybridized carbons (Fsp3) is 0.400. The number of rotatable bonds is 7. The van der Waals surface area contributed by atoms with Crippen LogP contribution in [0.1, 0.15) is 30.6 Å². The van der Waals surface area contributed by atoms with Gasteiger partial charge in [0, 0.05) is 43.9 Å². The van der Waals surface area contributed by atoms with Crippen LogP contribution in [0.25, 0.3) is 0 Å². The van der Waals surface area contributed by atoms with Crippen LogP contribution in [-0.2, 0) is 6.54 Å². The molecule has 0 saturated carbocycles. The zero-order chi connectivity index (χ0) is 15.1. The van der Waals surface area contributed by atoms with Crippen molar-refractivity contribution in [1.82, 2.24) is 19.9 Å². The lowest BCUT2D eigenvalue weighted by Crippen LogP contribution is -2.35. The topological polar surface area (TPSA) is 71.8 Å². The van der Waals surface area contributed by atoms with Crippen LogP contribution in [0.15, 0.2) is 37.2 Å². The number of carbonyl (C=O) groups is 1. The number of pyridine rings is 1. The second kappa shape index (κ2) is 7.42. The van der Waals surface area contributed by atoms with Crippen LogP contribution in [0.2, 0.25) is 0 Å². The number of carbonyl (C=O) groups excluding carboxylic acids is 1. The zero-order valence-corrected chi connectivity index (χ0v) is 12.4. The lowest BCUT2D eigenvalue weighted by molar-refractivity contribution is 0.0937. The molecule has 21 heavy (non-hydrogen) atoms. The van der Waals surface area contributed by atoms with Gasteiger partial charge in [0.2, 0.25) is 0 Å². The molecule has 1 atom stereocenters. The van der Waals surface area contributed by atoms with Crippen molar-refractivity contribution in [2.24, 2.45) is 0 Å². The SMILES string of the molecule is CCCNc1ccncc1C(=O)NC(C)Cn1ccnc1. The first kappa shape index (κ1) is 15.0. The number of amides is 1. The van der Waals surface area contributed by atoms with E-state index in [9.17, 15) is 4.79 Å². The van der Waals surface area contributed by atoms with Gasteiger partial charge >= 0.3 is 0 Å². The maximum Gasteiger partial charge on any atom is 0.255 e. The van der Waals surface area contributed by atoms with Crippen LogP contribution in [0.4, 0.5) is 5.69 Å². The molecule has 0 saturated heterocycles. The summed E-state index contributed by atoms with van der Waals surface area (Å²) in [6.45, 7) is 5.56. The van der Waals surface area contributed by atoms with Crippen LogP contribution in [-0.4, -0.2) is 33.0 Å². The predicted molar refractivity (Wildman–Crippen MR) is 82.2 cm³/mol. The molecule has 2 rings (SSSR count). The highest BCUT2D eigenvalue weighted by molar-refractivity contribution is 5.99. The number of nitrogens with zero attached hydrogens (tertiary/aromatic N) is 3. The Morgan fingerprint density at radius 2 is 2.24 bits per heavy atom. The van der Waals surface area contributed by atoms with E-state index in [0.717, 1.165) is 18.7 Å². The second-order valence-electron chi connectivity index (χ2n) is 4.98.